The second-order valence-electron chi connectivity index (χ2n) is 13.4. The summed E-state index contributed by atoms with van der Waals surface area (Å²) < 4.78 is 6.13. The van der Waals surface area contributed by atoms with Crippen LogP contribution in [0.15, 0.2) is 83.9 Å². The van der Waals surface area contributed by atoms with Crippen LogP contribution >= 0.6 is 0 Å². The van der Waals surface area contributed by atoms with Gasteiger partial charge in [-0.2, -0.15) is 0 Å². The molecule has 9 heteroatoms. The number of likely N-dealkylation sites (tertiary alicyclic amines) is 1. The molecule has 50 heavy (non-hydrogen) atoms. The summed E-state index contributed by atoms with van der Waals surface area (Å²) in [5.41, 5.74) is 5.69. The minimum absolute atomic E-state index is 0.0328. The molecule has 2 amide bonds. The highest BCUT2D eigenvalue weighted by atomic mass is 16.5. The summed E-state index contributed by atoms with van der Waals surface area (Å²) in [6, 6.07) is 23.0. The van der Waals surface area contributed by atoms with E-state index in [1.165, 1.54) is 4.90 Å². The van der Waals surface area contributed by atoms with Crippen LogP contribution in [0.3, 0.4) is 0 Å². The van der Waals surface area contributed by atoms with Crippen molar-refractivity contribution in [3.8, 4) is 11.5 Å². The lowest BCUT2D eigenvalue weighted by Gasteiger charge is -2.36. The Bertz CT molecular complexity index is 1710. The zero-order valence-corrected chi connectivity index (χ0v) is 28.8. The van der Waals surface area contributed by atoms with Crippen LogP contribution in [0.1, 0.15) is 67.2 Å². The molecule has 1 heterocycles. The standard InChI is InChI=1S/C41H47NO8/c1-26-20-28(21-27(2)39(26)47)22-30(29-12-6-3-7-13-29)17-18-35(44)37-31(25-50-32-14-8-4-9-15-32)23-33-38(34(37)24-43)41(49)42(40(33)48)19-11-5-10-16-36(45)46/h3-4,6-9,12-15,20-22,33-35,38,43-44,47H,5,10-11,16-19,23-25H2,1-2H3,(H,45,46)/b30-22-/t33-,34+,35-,38-/m1/s1. The van der Waals surface area contributed by atoms with E-state index in [4.69, 9.17) is 9.84 Å². The topological polar surface area (TPSA) is 145 Å². The number of aliphatic hydroxyl groups is 2. The van der Waals surface area contributed by atoms with Crippen molar-refractivity contribution in [1.82, 2.24) is 4.90 Å². The number of nitrogens with zero attached hydrogens (tertiary/aromatic N) is 1. The molecule has 264 valence electrons. The molecule has 1 aliphatic carbocycles. The molecule has 2 aliphatic rings. The Morgan fingerprint density at radius 2 is 1.60 bits per heavy atom. The van der Waals surface area contributed by atoms with E-state index < -0.39 is 36.4 Å². The summed E-state index contributed by atoms with van der Waals surface area (Å²) >= 11 is 0. The first kappa shape index (κ1) is 36.5. The average molecular weight is 682 g/mol. The Morgan fingerprint density at radius 1 is 0.940 bits per heavy atom. The molecule has 1 aliphatic heterocycles. The molecule has 0 radical (unpaired) electrons. The second-order valence-corrected chi connectivity index (χ2v) is 13.4. The van der Waals surface area contributed by atoms with Gasteiger partial charge in [-0.05, 0) is 109 Å². The van der Waals surface area contributed by atoms with Crippen LogP contribution in [0.5, 0.6) is 11.5 Å². The van der Waals surface area contributed by atoms with Gasteiger partial charge in [-0.1, -0.05) is 61.0 Å². The molecule has 0 saturated carbocycles. The monoisotopic (exact) mass is 681 g/mol. The summed E-state index contributed by atoms with van der Waals surface area (Å²) in [4.78, 5) is 39.7. The summed E-state index contributed by atoms with van der Waals surface area (Å²) in [6.07, 6.45) is 3.60. The van der Waals surface area contributed by atoms with E-state index in [9.17, 15) is 29.7 Å². The molecular formula is C41H47NO8. The minimum atomic E-state index is -1.02. The molecule has 1 saturated heterocycles. The van der Waals surface area contributed by atoms with Crippen LogP contribution in [0.4, 0.5) is 0 Å². The lowest BCUT2D eigenvalue weighted by molar-refractivity contribution is -0.141. The van der Waals surface area contributed by atoms with E-state index in [2.05, 4.69) is 6.08 Å². The van der Waals surface area contributed by atoms with Gasteiger partial charge in [0.15, 0.2) is 0 Å². The van der Waals surface area contributed by atoms with Crippen molar-refractivity contribution in [2.45, 2.75) is 64.9 Å². The third kappa shape index (κ3) is 8.52. The number of imide groups is 1. The van der Waals surface area contributed by atoms with Gasteiger partial charge in [-0.15, -0.1) is 0 Å². The van der Waals surface area contributed by atoms with E-state index in [1.807, 2.05) is 86.6 Å². The molecule has 3 aromatic carbocycles. The number of phenols is 1. The number of aromatic hydroxyl groups is 1. The van der Waals surface area contributed by atoms with Gasteiger partial charge in [0, 0.05) is 18.9 Å². The summed E-state index contributed by atoms with van der Waals surface area (Å²) in [5.74, 6) is -2.88. The van der Waals surface area contributed by atoms with E-state index in [0.29, 0.717) is 49.0 Å². The smallest absolute Gasteiger partial charge is 0.303 e. The summed E-state index contributed by atoms with van der Waals surface area (Å²) in [7, 11) is 0. The van der Waals surface area contributed by atoms with E-state index in [-0.39, 0.29) is 43.6 Å². The molecule has 0 bridgehead atoms. The van der Waals surface area contributed by atoms with Gasteiger partial charge >= 0.3 is 5.97 Å². The lowest BCUT2D eigenvalue weighted by Crippen LogP contribution is -2.40. The van der Waals surface area contributed by atoms with Crippen molar-refractivity contribution in [2.24, 2.45) is 17.8 Å². The normalized spacial score (nSPS) is 19.9. The zero-order valence-electron chi connectivity index (χ0n) is 28.8. The van der Waals surface area contributed by atoms with Gasteiger partial charge in [-0.3, -0.25) is 19.3 Å². The number of aryl methyl sites for hydroxylation is 2. The first-order valence-corrected chi connectivity index (χ1v) is 17.4. The number of carboxylic acid groups (broad SMARTS) is 1. The van der Waals surface area contributed by atoms with Gasteiger partial charge in [0.25, 0.3) is 0 Å². The van der Waals surface area contributed by atoms with Gasteiger partial charge < -0.3 is 25.2 Å². The summed E-state index contributed by atoms with van der Waals surface area (Å²) in [5, 5.41) is 42.1. The predicted molar refractivity (Wildman–Crippen MR) is 191 cm³/mol. The number of aliphatic hydroxyl groups excluding tert-OH is 2. The average Bonchev–Trinajstić information content (AvgIpc) is 3.35. The van der Waals surface area contributed by atoms with Crippen molar-refractivity contribution in [3.63, 3.8) is 0 Å². The number of rotatable bonds is 16. The van der Waals surface area contributed by atoms with Crippen molar-refractivity contribution in [2.75, 3.05) is 19.8 Å². The number of para-hydroxylation sites is 1. The Hall–Kier alpha value is -4.73. The summed E-state index contributed by atoms with van der Waals surface area (Å²) in [6.45, 7) is 3.59. The first-order valence-electron chi connectivity index (χ1n) is 17.4. The highest BCUT2D eigenvalue weighted by Gasteiger charge is 2.54. The number of hydrogen-bond donors (Lipinski definition) is 4. The minimum Gasteiger partial charge on any atom is -0.507 e. The Labute approximate surface area is 293 Å². The van der Waals surface area contributed by atoms with Crippen LogP contribution in [0.2, 0.25) is 0 Å². The van der Waals surface area contributed by atoms with Crippen LogP contribution in [0.25, 0.3) is 11.6 Å². The van der Waals surface area contributed by atoms with Gasteiger partial charge in [0.1, 0.15) is 18.1 Å². The predicted octanol–water partition coefficient (Wildman–Crippen LogP) is 6.32. The molecule has 0 spiro atoms. The maximum absolute atomic E-state index is 13.8. The maximum Gasteiger partial charge on any atom is 0.303 e. The number of carbonyl (C=O) groups is 3. The second kappa shape index (κ2) is 16.8. The molecule has 5 rings (SSSR count). The first-order chi connectivity index (χ1) is 24.1. The SMILES string of the molecule is Cc1cc(/C=C(/CC[C@@H](O)C2=C(COc3ccccc3)C[C@H]3C(=O)N(CCCCCC(=O)O)C(=O)[C@H]3[C@H]2CO)c2ccccc2)cc(C)c1O. The van der Waals surface area contributed by atoms with Crippen LogP contribution in [-0.2, 0) is 14.4 Å². The molecule has 3 aromatic rings. The fourth-order valence-electron chi connectivity index (χ4n) is 7.46. The molecule has 0 aromatic heterocycles. The van der Waals surface area contributed by atoms with Crippen molar-refractivity contribution in [1.29, 1.82) is 0 Å². The van der Waals surface area contributed by atoms with Gasteiger partial charge in [-0.25, -0.2) is 0 Å². The van der Waals surface area contributed by atoms with Crippen LogP contribution in [0, 0.1) is 31.6 Å². The van der Waals surface area contributed by atoms with Crippen molar-refractivity contribution in [3.05, 3.63) is 106 Å². The number of carboxylic acids is 1. The number of hydrogen-bond acceptors (Lipinski definition) is 7. The molecule has 1 fully saturated rings. The van der Waals surface area contributed by atoms with Crippen LogP contribution < -0.4 is 4.74 Å². The Morgan fingerprint density at radius 3 is 2.24 bits per heavy atom. The quantitative estimate of drug-likeness (QED) is 0.0595. The Balaban J connectivity index is 1.43. The largest absolute Gasteiger partial charge is 0.507 e. The molecule has 4 N–H and O–H groups in total. The van der Waals surface area contributed by atoms with E-state index in [0.717, 1.165) is 27.8 Å². The Kier molecular flexibility index (Phi) is 12.3. The fraction of sp³-hybridized carbons (Fsp3) is 0.390. The number of amides is 2. The molecule has 0 unspecified atom stereocenters. The van der Waals surface area contributed by atoms with Crippen LogP contribution in [-0.4, -0.2) is 69.0 Å². The number of benzene rings is 3. The number of ether oxygens (including phenoxy) is 1. The molecule has 4 atom stereocenters. The van der Waals surface area contributed by atoms with E-state index >= 15 is 0 Å². The van der Waals surface area contributed by atoms with E-state index in [1.54, 1.807) is 0 Å². The molecule has 9 nitrogen and oxygen atoms in total. The van der Waals surface area contributed by atoms with Crippen molar-refractivity contribution >= 4 is 29.4 Å². The third-order valence-electron chi connectivity index (χ3n) is 9.95. The van der Waals surface area contributed by atoms with Crippen molar-refractivity contribution < 1.29 is 39.5 Å². The number of aliphatic carboxylic acids is 1. The zero-order chi connectivity index (χ0) is 35.8. The number of allylic oxidation sites excluding steroid dienone is 1. The number of unbranched alkanes of at least 4 members (excludes halogenated alkanes) is 2. The van der Waals surface area contributed by atoms with Gasteiger partial charge in [0.2, 0.25) is 11.8 Å². The lowest BCUT2D eigenvalue weighted by atomic mass is 9.68. The van der Waals surface area contributed by atoms with Gasteiger partial charge in [0.05, 0.1) is 24.5 Å². The molecular weight excluding hydrogens is 634 g/mol. The highest BCUT2D eigenvalue weighted by molar-refractivity contribution is 6.06. The third-order valence-corrected chi connectivity index (χ3v) is 9.95. The fourth-order valence-corrected chi connectivity index (χ4v) is 7.46. The number of carbonyl (C=O) groups excluding carboxylic acids is 2. The number of fused-ring (bicyclic) bond motifs is 1. The highest BCUT2D eigenvalue weighted by Crippen LogP contribution is 2.46. The maximum atomic E-state index is 13.8. The number of phenolic OH excluding ortho intramolecular Hbond substituents is 1.